The fraction of sp³-hybridized carbons (Fsp3) is 0.619. The molecule has 2 fully saturated rings. The summed E-state index contributed by atoms with van der Waals surface area (Å²) < 4.78 is 5.50. The molecule has 154 valence electrons. The van der Waals surface area contributed by atoms with Crippen molar-refractivity contribution >= 4 is 17.5 Å². The van der Waals surface area contributed by atoms with E-state index < -0.39 is 11.8 Å². The minimum absolute atomic E-state index is 0.100. The zero-order valence-electron chi connectivity index (χ0n) is 17.0. The Morgan fingerprint density at radius 3 is 2.36 bits per heavy atom. The number of hydrogen-bond acceptors (Lipinski definition) is 4. The van der Waals surface area contributed by atoms with Gasteiger partial charge in [0.15, 0.2) is 0 Å². The van der Waals surface area contributed by atoms with Gasteiger partial charge in [-0.1, -0.05) is 25.0 Å². The molecule has 1 aromatic carbocycles. The van der Waals surface area contributed by atoms with Crippen molar-refractivity contribution < 1.29 is 19.2 Å². The summed E-state index contributed by atoms with van der Waals surface area (Å²) in [5.74, 6) is -1.04. The lowest BCUT2D eigenvalue weighted by Crippen LogP contribution is -3.15. The van der Waals surface area contributed by atoms with Gasteiger partial charge in [-0.3, -0.25) is 9.59 Å². The maximum Gasteiger partial charge on any atom is 0.309 e. The maximum atomic E-state index is 12.3. The average Bonchev–Trinajstić information content (AvgIpc) is 3.22. The van der Waals surface area contributed by atoms with Gasteiger partial charge < -0.3 is 25.2 Å². The van der Waals surface area contributed by atoms with Gasteiger partial charge in [-0.15, -0.1) is 0 Å². The summed E-state index contributed by atoms with van der Waals surface area (Å²) >= 11 is 0. The molecule has 0 spiro atoms. The first-order valence-electron chi connectivity index (χ1n) is 10.3. The summed E-state index contributed by atoms with van der Waals surface area (Å²) in [6.07, 6.45) is 4.19. The van der Waals surface area contributed by atoms with E-state index in [1.165, 1.54) is 10.5 Å². The second kappa shape index (κ2) is 9.89. The Balaban J connectivity index is 1.63. The number of morpholine rings is 1. The van der Waals surface area contributed by atoms with Gasteiger partial charge in [0.25, 0.3) is 0 Å². The van der Waals surface area contributed by atoms with Crippen LogP contribution in [0.1, 0.15) is 37.3 Å². The molecule has 0 radical (unpaired) electrons. The molecule has 1 heterocycles. The number of anilines is 1. The highest BCUT2D eigenvalue weighted by atomic mass is 16.5. The van der Waals surface area contributed by atoms with Crippen molar-refractivity contribution in [3.63, 3.8) is 0 Å². The third-order valence-corrected chi connectivity index (χ3v) is 5.80. The molecule has 1 saturated carbocycles. The predicted molar refractivity (Wildman–Crippen MR) is 108 cm³/mol. The van der Waals surface area contributed by atoms with Gasteiger partial charge in [-0.05, 0) is 25.0 Å². The molecule has 0 aromatic heterocycles. The van der Waals surface area contributed by atoms with E-state index in [1.54, 1.807) is 0 Å². The van der Waals surface area contributed by atoms with E-state index in [4.69, 9.17) is 4.74 Å². The average molecular weight is 390 g/mol. The van der Waals surface area contributed by atoms with Gasteiger partial charge >= 0.3 is 11.8 Å². The van der Waals surface area contributed by atoms with Gasteiger partial charge in [-0.2, -0.15) is 0 Å². The Morgan fingerprint density at radius 2 is 1.75 bits per heavy atom. The lowest BCUT2D eigenvalue weighted by atomic mass is 10.0. The molecular weight excluding hydrogens is 356 g/mol. The van der Waals surface area contributed by atoms with Gasteiger partial charge in [-0.25, -0.2) is 0 Å². The van der Waals surface area contributed by atoms with Crippen LogP contribution in [0.2, 0.25) is 0 Å². The van der Waals surface area contributed by atoms with E-state index in [1.807, 2.05) is 14.1 Å². The Kier molecular flexibility index (Phi) is 7.28. The fourth-order valence-corrected chi connectivity index (χ4v) is 4.08. The molecule has 1 aliphatic heterocycles. The van der Waals surface area contributed by atoms with Gasteiger partial charge in [0, 0.05) is 31.4 Å². The number of nitrogens with zero attached hydrogens (tertiary/aromatic N) is 1. The number of quaternary nitrogens is 1. The number of ether oxygens (including phenoxy) is 1. The summed E-state index contributed by atoms with van der Waals surface area (Å²) in [7, 11) is 4.03. The van der Waals surface area contributed by atoms with E-state index in [-0.39, 0.29) is 12.1 Å². The van der Waals surface area contributed by atoms with Gasteiger partial charge in [0.2, 0.25) is 0 Å². The zero-order chi connectivity index (χ0) is 19.9. The number of amides is 2. The van der Waals surface area contributed by atoms with Crippen molar-refractivity contribution in [3.05, 3.63) is 29.8 Å². The highest BCUT2D eigenvalue weighted by Crippen LogP contribution is 2.18. The molecule has 0 unspecified atom stereocenters. The summed E-state index contributed by atoms with van der Waals surface area (Å²) in [5.41, 5.74) is 2.30. The molecule has 2 amide bonds. The SMILES string of the molecule is CN(C)c1ccc([C@@H](CNC(=O)C(=O)NC2CCCC2)[NH+]2CCOCC2)cc1. The monoisotopic (exact) mass is 389 g/mol. The third-order valence-electron chi connectivity index (χ3n) is 5.80. The number of nitrogens with one attached hydrogen (secondary N) is 3. The van der Waals surface area contributed by atoms with Crippen molar-refractivity contribution in [2.45, 2.75) is 37.8 Å². The lowest BCUT2D eigenvalue weighted by molar-refractivity contribution is -0.937. The minimum Gasteiger partial charge on any atom is -0.378 e. The number of rotatable bonds is 6. The first-order chi connectivity index (χ1) is 13.5. The van der Waals surface area contributed by atoms with Crippen LogP contribution >= 0.6 is 0 Å². The Bertz CT molecular complexity index is 650. The summed E-state index contributed by atoms with van der Waals surface area (Å²) in [5, 5.41) is 5.72. The summed E-state index contributed by atoms with van der Waals surface area (Å²) in [6.45, 7) is 3.66. The molecule has 1 aromatic rings. The van der Waals surface area contributed by atoms with E-state index >= 15 is 0 Å². The highest BCUT2D eigenvalue weighted by molar-refractivity contribution is 6.35. The first kappa shape index (κ1) is 20.6. The molecule has 2 aliphatic rings. The van der Waals surface area contributed by atoms with Crippen LogP contribution in [-0.2, 0) is 14.3 Å². The van der Waals surface area contributed by atoms with Crippen LogP contribution in [0.4, 0.5) is 5.69 Å². The molecule has 3 rings (SSSR count). The van der Waals surface area contributed by atoms with Crippen LogP contribution < -0.4 is 20.4 Å². The number of benzene rings is 1. The Morgan fingerprint density at radius 1 is 1.11 bits per heavy atom. The maximum absolute atomic E-state index is 12.3. The number of carbonyl (C=O) groups is 2. The predicted octanol–water partition coefficient (Wildman–Crippen LogP) is -0.116. The van der Waals surface area contributed by atoms with Crippen molar-refractivity contribution in [1.29, 1.82) is 0 Å². The molecule has 28 heavy (non-hydrogen) atoms. The molecule has 1 aliphatic carbocycles. The summed E-state index contributed by atoms with van der Waals surface area (Å²) in [6, 6.07) is 8.68. The lowest BCUT2D eigenvalue weighted by Gasteiger charge is -2.32. The smallest absolute Gasteiger partial charge is 0.309 e. The van der Waals surface area contributed by atoms with Crippen LogP contribution in [0.5, 0.6) is 0 Å². The van der Waals surface area contributed by atoms with Crippen molar-refractivity contribution in [3.8, 4) is 0 Å². The van der Waals surface area contributed by atoms with Crippen LogP contribution in [-0.4, -0.2) is 64.8 Å². The van der Waals surface area contributed by atoms with Crippen LogP contribution in [0.3, 0.4) is 0 Å². The molecule has 0 bridgehead atoms. The normalized spacial score (nSPS) is 19.2. The second-order valence-electron chi connectivity index (χ2n) is 7.97. The largest absolute Gasteiger partial charge is 0.378 e. The van der Waals surface area contributed by atoms with E-state index in [9.17, 15) is 9.59 Å². The Labute approximate surface area is 167 Å². The number of hydrogen-bond donors (Lipinski definition) is 3. The molecule has 7 nitrogen and oxygen atoms in total. The molecule has 3 N–H and O–H groups in total. The van der Waals surface area contributed by atoms with Crippen LogP contribution in [0.25, 0.3) is 0 Å². The standard InChI is InChI=1S/C21H32N4O3/c1-24(2)18-9-7-16(8-10-18)19(25-11-13-28-14-12-25)15-22-20(26)21(27)23-17-5-3-4-6-17/h7-10,17,19H,3-6,11-15H2,1-2H3,(H,22,26)(H,23,27)/p+1/t19-/m1/s1. The van der Waals surface area contributed by atoms with Crippen molar-refractivity contribution in [2.75, 3.05) is 51.8 Å². The van der Waals surface area contributed by atoms with E-state index in [2.05, 4.69) is 39.8 Å². The van der Waals surface area contributed by atoms with Gasteiger partial charge in [0.1, 0.15) is 19.1 Å². The number of carbonyl (C=O) groups excluding carboxylic acids is 2. The van der Waals surface area contributed by atoms with E-state index in [0.717, 1.165) is 57.7 Å². The Hall–Kier alpha value is -2.12. The molecule has 1 saturated heterocycles. The molecule has 1 atom stereocenters. The highest BCUT2D eigenvalue weighted by Gasteiger charge is 2.28. The topological polar surface area (TPSA) is 75.1 Å². The van der Waals surface area contributed by atoms with Crippen LogP contribution in [0.15, 0.2) is 24.3 Å². The van der Waals surface area contributed by atoms with E-state index in [0.29, 0.717) is 6.54 Å². The molecular formula is C21H33N4O3+. The quantitative estimate of drug-likeness (QED) is 0.594. The van der Waals surface area contributed by atoms with Crippen LogP contribution in [0, 0.1) is 0 Å². The summed E-state index contributed by atoms with van der Waals surface area (Å²) in [4.78, 5) is 28.0. The van der Waals surface area contributed by atoms with Crippen molar-refractivity contribution in [1.82, 2.24) is 10.6 Å². The molecule has 7 heteroatoms. The van der Waals surface area contributed by atoms with Crippen molar-refractivity contribution in [2.24, 2.45) is 0 Å². The third kappa shape index (κ3) is 5.45. The fourth-order valence-electron chi connectivity index (χ4n) is 4.08. The zero-order valence-corrected chi connectivity index (χ0v) is 17.0. The second-order valence-corrected chi connectivity index (χ2v) is 7.97. The minimum atomic E-state index is -0.533. The van der Waals surface area contributed by atoms with Gasteiger partial charge in [0.05, 0.1) is 19.8 Å². The first-order valence-corrected chi connectivity index (χ1v) is 10.3.